The van der Waals surface area contributed by atoms with Gasteiger partial charge in [0.05, 0.1) is 0 Å². The number of halogens is 2. The second-order valence-electron chi connectivity index (χ2n) is 2.73. The number of ketones is 2. The summed E-state index contributed by atoms with van der Waals surface area (Å²) in [4.78, 5) is 20.0. The van der Waals surface area contributed by atoms with Crippen molar-refractivity contribution in [3.63, 3.8) is 0 Å². The van der Waals surface area contributed by atoms with Crippen LogP contribution in [0.25, 0.3) is 0 Å². The van der Waals surface area contributed by atoms with Crippen LogP contribution in [0.3, 0.4) is 0 Å². The van der Waals surface area contributed by atoms with Gasteiger partial charge in [-0.05, 0) is 26.0 Å². The molecule has 0 aromatic carbocycles. The van der Waals surface area contributed by atoms with Gasteiger partial charge in [-0.3, -0.25) is 9.59 Å². The van der Waals surface area contributed by atoms with Crippen LogP contribution in [-0.4, -0.2) is 35.5 Å². The predicted octanol–water partition coefficient (Wildman–Crippen LogP) is -6.69. The number of carbonyl (C=O) groups excluding carboxylic acids is 2. The summed E-state index contributed by atoms with van der Waals surface area (Å²) in [5, 5.41) is 20.0. The molecule has 0 rings (SSSR count). The van der Waals surface area contributed by atoms with E-state index >= 15 is 0 Å². The maximum atomic E-state index is 9.98. The second-order valence-corrected chi connectivity index (χ2v) is 2.73. The molecule has 0 N–H and O–H groups in total. The normalized spacial score (nSPS) is 9.41. The molecule has 0 atom stereocenters. The Labute approximate surface area is 140 Å². The van der Waals surface area contributed by atoms with Gasteiger partial charge in [0, 0.05) is 0 Å². The van der Waals surface area contributed by atoms with Crippen LogP contribution >= 0.6 is 0 Å². The van der Waals surface area contributed by atoms with Gasteiger partial charge in [0.1, 0.15) is 0 Å². The molecule has 0 radical (unpaired) electrons. The van der Waals surface area contributed by atoms with E-state index in [2.05, 4.69) is 0 Å². The molecule has 0 aromatic heterocycles. The Hall–Kier alpha value is 0.179. The SMILES string of the molecule is CC(=O)/C=C(/C)[O-].CC(=O)/C=C(/C)[O-].[Br-].[Br-].[Sn+4]. The van der Waals surface area contributed by atoms with Gasteiger partial charge < -0.3 is 44.2 Å². The van der Waals surface area contributed by atoms with Crippen LogP contribution in [0.2, 0.25) is 0 Å². The second kappa shape index (κ2) is 18.5. The molecule has 0 fully saturated rings. The summed E-state index contributed by atoms with van der Waals surface area (Å²) in [7, 11) is 0. The molecule has 0 spiro atoms. The number of rotatable bonds is 2. The Kier molecular flexibility index (Phi) is 33.1. The molecular weight excluding hydrogens is 463 g/mol. The first-order chi connectivity index (χ1) is 6.25. The molecule has 0 aliphatic carbocycles. The zero-order valence-electron chi connectivity index (χ0n) is 10.0. The maximum absolute atomic E-state index is 9.98. The van der Waals surface area contributed by atoms with Gasteiger partial charge >= 0.3 is 23.9 Å². The number of carbonyl (C=O) groups is 2. The van der Waals surface area contributed by atoms with Crippen LogP contribution in [0.4, 0.5) is 0 Å². The third kappa shape index (κ3) is 48.6. The third-order valence-electron chi connectivity index (χ3n) is 0.813. The van der Waals surface area contributed by atoms with Gasteiger partial charge in [-0.1, -0.05) is 13.8 Å². The van der Waals surface area contributed by atoms with Gasteiger partial charge in [0.2, 0.25) is 0 Å². The summed E-state index contributed by atoms with van der Waals surface area (Å²) in [5.41, 5.74) is 0. The molecule has 96 valence electrons. The van der Waals surface area contributed by atoms with Gasteiger partial charge in [0.15, 0.2) is 11.6 Å². The first kappa shape index (κ1) is 30.3. The van der Waals surface area contributed by atoms with Crippen molar-refractivity contribution in [1.82, 2.24) is 0 Å². The Bertz CT molecular complexity index is 239. The molecule has 0 heterocycles. The van der Waals surface area contributed by atoms with E-state index in [0.717, 1.165) is 12.2 Å². The average Bonchev–Trinajstić information content (AvgIpc) is 1.79. The first-order valence-corrected chi connectivity index (χ1v) is 3.97. The van der Waals surface area contributed by atoms with Crippen molar-refractivity contribution in [3.8, 4) is 0 Å². The van der Waals surface area contributed by atoms with E-state index in [1.165, 1.54) is 27.7 Å². The summed E-state index contributed by atoms with van der Waals surface area (Å²) in [5.74, 6) is -0.750. The predicted molar refractivity (Wildman–Crippen MR) is 54.6 cm³/mol. The zero-order chi connectivity index (χ0) is 11.7. The zero-order valence-corrected chi connectivity index (χ0v) is 16.1. The van der Waals surface area contributed by atoms with E-state index in [1.54, 1.807) is 0 Å². The van der Waals surface area contributed by atoms with Gasteiger partial charge in [-0.2, -0.15) is 0 Å². The smallest absolute Gasteiger partial charge is 1.00 e. The van der Waals surface area contributed by atoms with Crippen LogP contribution in [0.15, 0.2) is 23.7 Å². The molecule has 0 saturated carbocycles. The summed E-state index contributed by atoms with van der Waals surface area (Å²) in [6.45, 7) is 5.39. The summed E-state index contributed by atoms with van der Waals surface area (Å²) >= 11 is 0. The summed E-state index contributed by atoms with van der Waals surface area (Å²) in [6.07, 6.45) is 2.11. The van der Waals surface area contributed by atoms with Crippen molar-refractivity contribution in [3.05, 3.63) is 23.7 Å². The van der Waals surface area contributed by atoms with Crippen LogP contribution in [0.5, 0.6) is 0 Å². The largest absolute Gasteiger partial charge is 4.00 e. The molecule has 7 heteroatoms. The van der Waals surface area contributed by atoms with E-state index in [1.807, 2.05) is 0 Å². The molecule has 0 saturated heterocycles. The quantitative estimate of drug-likeness (QED) is 0.226. The molecule has 4 nitrogen and oxygen atoms in total. The molecule has 17 heavy (non-hydrogen) atoms. The minimum Gasteiger partial charge on any atom is -1.00 e. The van der Waals surface area contributed by atoms with Crippen molar-refractivity contribution in [2.45, 2.75) is 27.7 Å². The third-order valence-corrected chi connectivity index (χ3v) is 0.813. The topological polar surface area (TPSA) is 80.3 Å². The fourth-order valence-electron chi connectivity index (χ4n) is 0.572. The van der Waals surface area contributed by atoms with Crippen LogP contribution < -0.4 is 44.2 Å². The van der Waals surface area contributed by atoms with E-state index in [9.17, 15) is 19.8 Å². The maximum Gasteiger partial charge on any atom is 4.00 e. The molecule has 0 aromatic rings. The number of hydrogen-bond donors (Lipinski definition) is 0. The van der Waals surface area contributed by atoms with E-state index in [4.69, 9.17) is 0 Å². The minimum absolute atomic E-state index is 0. The first-order valence-electron chi connectivity index (χ1n) is 3.97. The fourth-order valence-corrected chi connectivity index (χ4v) is 0.572. The van der Waals surface area contributed by atoms with Crippen LogP contribution in [0.1, 0.15) is 27.7 Å². The van der Waals surface area contributed by atoms with Crippen LogP contribution in [0, 0.1) is 0 Å². The number of allylic oxidation sites excluding steroid dienone is 4. The van der Waals surface area contributed by atoms with Crippen molar-refractivity contribution in [1.29, 1.82) is 0 Å². The molecular formula is C10H14Br2O4Sn. The molecule has 0 unspecified atom stereocenters. The van der Waals surface area contributed by atoms with Gasteiger partial charge in [-0.25, -0.2) is 0 Å². The average molecular weight is 477 g/mol. The van der Waals surface area contributed by atoms with Crippen molar-refractivity contribution in [2.24, 2.45) is 0 Å². The summed E-state index contributed by atoms with van der Waals surface area (Å²) < 4.78 is 0. The number of hydrogen-bond acceptors (Lipinski definition) is 4. The Morgan fingerprint density at radius 1 is 0.765 bits per heavy atom. The van der Waals surface area contributed by atoms with Gasteiger partial charge in [0.25, 0.3) is 0 Å². The molecule has 0 aliphatic rings. The van der Waals surface area contributed by atoms with E-state index < -0.39 is 0 Å². The minimum atomic E-state index is -0.187. The van der Waals surface area contributed by atoms with Crippen molar-refractivity contribution in [2.75, 3.05) is 0 Å². The van der Waals surface area contributed by atoms with Crippen molar-refractivity contribution < 1.29 is 53.8 Å². The Balaban J connectivity index is -0.0000000480. The standard InChI is InChI=1S/2C5H8O2.2BrH.Sn/c2*1-4(6)3-5(2)7;;;/h2*3,6H,1-2H3;2*1H;/q;;;;+4/p-4/b2*4-3-;;;. The Morgan fingerprint density at radius 3 is 0.941 bits per heavy atom. The molecule has 0 bridgehead atoms. The van der Waals surface area contributed by atoms with E-state index in [0.29, 0.717) is 0 Å². The van der Waals surface area contributed by atoms with Crippen molar-refractivity contribution >= 4 is 35.5 Å². The van der Waals surface area contributed by atoms with E-state index in [-0.39, 0.29) is 81.0 Å². The van der Waals surface area contributed by atoms with Crippen LogP contribution in [-0.2, 0) is 9.59 Å². The fraction of sp³-hybridized carbons (Fsp3) is 0.400. The Morgan fingerprint density at radius 2 is 0.941 bits per heavy atom. The summed E-state index contributed by atoms with van der Waals surface area (Å²) in [6, 6.07) is 0. The monoisotopic (exact) mass is 476 g/mol. The molecule has 0 aliphatic heterocycles. The van der Waals surface area contributed by atoms with Gasteiger partial charge in [-0.15, -0.1) is 11.5 Å². The molecule has 0 amide bonds.